The van der Waals surface area contributed by atoms with E-state index in [1.165, 1.54) is 13.8 Å². The lowest BCUT2D eigenvalue weighted by Crippen LogP contribution is -2.26. The number of rotatable bonds is 4. The van der Waals surface area contributed by atoms with Crippen LogP contribution in [0.25, 0.3) is 0 Å². The summed E-state index contributed by atoms with van der Waals surface area (Å²) in [4.78, 5) is 20.9. The maximum Gasteiger partial charge on any atom is 0.235 e. The van der Waals surface area contributed by atoms with Crippen LogP contribution in [0.2, 0.25) is 0 Å². The Balaban J connectivity index is 0.000000220. The Morgan fingerprint density at radius 2 is 0.955 bits per heavy atom. The number of nitrogens with one attached hydrogen (secondary N) is 4. The minimum absolute atomic E-state index is 0.103. The molecule has 116 valence electrons. The van der Waals surface area contributed by atoms with Gasteiger partial charge < -0.3 is 0 Å². The molecule has 0 saturated carbocycles. The van der Waals surface area contributed by atoms with Crippen LogP contribution in [0.1, 0.15) is 13.8 Å². The van der Waals surface area contributed by atoms with Gasteiger partial charge in [0.05, 0.1) is 11.4 Å². The lowest BCUT2D eigenvalue weighted by Gasteiger charge is -2.04. The fourth-order valence-electron chi connectivity index (χ4n) is 1.36. The molecule has 0 bridgehead atoms. The molecule has 6 heteroatoms. The molecule has 2 aromatic carbocycles. The number of para-hydroxylation sites is 2. The second-order valence-corrected chi connectivity index (χ2v) is 4.34. The molecule has 22 heavy (non-hydrogen) atoms. The number of carbonyl (C=O) groups is 2. The van der Waals surface area contributed by atoms with Crippen molar-refractivity contribution in [2.45, 2.75) is 13.8 Å². The van der Waals surface area contributed by atoms with Gasteiger partial charge in [0.15, 0.2) is 0 Å². The van der Waals surface area contributed by atoms with Crippen molar-refractivity contribution >= 4 is 23.2 Å². The van der Waals surface area contributed by atoms with Gasteiger partial charge in [-0.2, -0.15) is 0 Å². The third kappa shape index (κ3) is 8.21. The van der Waals surface area contributed by atoms with E-state index in [1.807, 2.05) is 60.7 Å². The molecule has 0 aliphatic heterocycles. The predicted octanol–water partition coefficient (Wildman–Crippen LogP) is 2.30. The Bertz CT molecular complexity index is 520. The molecule has 2 rings (SSSR count). The number of hydrazine groups is 2. The fraction of sp³-hybridized carbons (Fsp3) is 0.125. The summed E-state index contributed by atoms with van der Waals surface area (Å²) in [6.45, 7) is 2.91. The highest BCUT2D eigenvalue weighted by molar-refractivity contribution is 5.74. The summed E-state index contributed by atoms with van der Waals surface area (Å²) in [7, 11) is 0. The number of hydrogen-bond acceptors (Lipinski definition) is 4. The minimum Gasteiger partial charge on any atom is -0.299 e. The average Bonchev–Trinajstić information content (AvgIpc) is 2.53. The van der Waals surface area contributed by atoms with Crippen LogP contribution in [0.3, 0.4) is 0 Å². The molecule has 0 heterocycles. The fourth-order valence-corrected chi connectivity index (χ4v) is 1.36. The van der Waals surface area contributed by atoms with E-state index in [0.29, 0.717) is 0 Å². The van der Waals surface area contributed by atoms with Crippen LogP contribution in [0.15, 0.2) is 60.7 Å². The first-order chi connectivity index (χ1) is 10.6. The summed E-state index contributed by atoms with van der Waals surface area (Å²) < 4.78 is 0. The topological polar surface area (TPSA) is 82.3 Å². The maximum absolute atomic E-state index is 10.4. The predicted molar refractivity (Wildman–Crippen MR) is 87.8 cm³/mol. The lowest BCUT2D eigenvalue weighted by molar-refractivity contribution is -0.119. The van der Waals surface area contributed by atoms with Gasteiger partial charge in [-0.05, 0) is 24.3 Å². The van der Waals surface area contributed by atoms with Crippen LogP contribution in [-0.2, 0) is 9.59 Å². The SMILES string of the molecule is CC(=O)NNc1ccccc1.CC(=O)NNc1ccccc1. The molecule has 0 fully saturated rings. The monoisotopic (exact) mass is 300 g/mol. The van der Waals surface area contributed by atoms with Crippen molar-refractivity contribution in [2.75, 3.05) is 10.9 Å². The van der Waals surface area contributed by atoms with Crippen molar-refractivity contribution in [1.29, 1.82) is 0 Å². The van der Waals surface area contributed by atoms with Gasteiger partial charge in [-0.3, -0.25) is 31.3 Å². The number of amides is 2. The largest absolute Gasteiger partial charge is 0.299 e. The van der Waals surface area contributed by atoms with Gasteiger partial charge in [0.1, 0.15) is 0 Å². The summed E-state index contributed by atoms with van der Waals surface area (Å²) in [5.74, 6) is -0.206. The molecule has 0 spiro atoms. The van der Waals surface area contributed by atoms with E-state index in [4.69, 9.17) is 0 Å². The Hall–Kier alpha value is -3.02. The molecule has 0 saturated heterocycles. The standard InChI is InChI=1S/2C8H10N2O/c2*1-7(11)9-10-8-5-3-2-4-6-8/h2*2-6,10H,1H3,(H,9,11). The molecule has 0 radical (unpaired) electrons. The highest BCUT2D eigenvalue weighted by Crippen LogP contribution is 2.02. The minimum atomic E-state index is -0.103. The molecule has 2 aromatic rings. The summed E-state index contributed by atoms with van der Waals surface area (Å²) in [6.07, 6.45) is 0. The second kappa shape index (κ2) is 9.82. The molecule has 0 aromatic heterocycles. The van der Waals surface area contributed by atoms with Gasteiger partial charge in [-0.25, -0.2) is 0 Å². The Morgan fingerprint density at radius 3 is 1.23 bits per heavy atom. The first-order valence-electron chi connectivity index (χ1n) is 6.73. The number of carbonyl (C=O) groups excluding carboxylic acids is 2. The first-order valence-corrected chi connectivity index (χ1v) is 6.73. The molecule has 4 N–H and O–H groups in total. The van der Waals surface area contributed by atoms with Crippen LogP contribution in [0.5, 0.6) is 0 Å². The van der Waals surface area contributed by atoms with Gasteiger partial charge in [0, 0.05) is 13.8 Å². The van der Waals surface area contributed by atoms with Crippen molar-refractivity contribution in [3.05, 3.63) is 60.7 Å². The van der Waals surface area contributed by atoms with E-state index in [9.17, 15) is 9.59 Å². The number of anilines is 2. The quantitative estimate of drug-likeness (QED) is 0.653. The number of benzene rings is 2. The normalized spacial score (nSPS) is 8.82. The van der Waals surface area contributed by atoms with Crippen LogP contribution in [-0.4, -0.2) is 11.8 Å². The zero-order valence-corrected chi connectivity index (χ0v) is 12.6. The van der Waals surface area contributed by atoms with E-state index >= 15 is 0 Å². The Morgan fingerprint density at radius 1 is 0.636 bits per heavy atom. The van der Waals surface area contributed by atoms with E-state index in [1.54, 1.807) is 0 Å². The molecule has 0 atom stereocenters. The average molecular weight is 300 g/mol. The molecular weight excluding hydrogens is 280 g/mol. The third-order valence-electron chi connectivity index (χ3n) is 2.31. The molecule has 0 aliphatic rings. The summed E-state index contributed by atoms with van der Waals surface area (Å²) in [5.41, 5.74) is 12.2. The van der Waals surface area contributed by atoms with Gasteiger partial charge in [-0.15, -0.1) is 0 Å². The van der Waals surface area contributed by atoms with Crippen molar-refractivity contribution in [3.63, 3.8) is 0 Å². The van der Waals surface area contributed by atoms with Crippen molar-refractivity contribution in [2.24, 2.45) is 0 Å². The maximum atomic E-state index is 10.4. The van der Waals surface area contributed by atoms with E-state index < -0.39 is 0 Å². The molecular formula is C16H20N4O2. The molecule has 0 unspecified atom stereocenters. The van der Waals surface area contributed by atoms with E-state index in [-0.39, 0.29) is 11.8 Å². The summed E-state index contributed by atoms with van der Waals surface area (Å²) in [5, 5.41) is 0. The second-order valence-electron chi connectivity index (χ2n) is 4.34. The molecule has 6 nitrogen and oxygen atoms in total. The van der Waals surface area contributed by atoms with Gasteiger partial charge in [-0.1, -0.05) is 36.4 Å². The van der Waals surface area contributed by atoms with Crippen LogP contribution < -0.4 is 21.7 Å². The molecule has 2 amide bonds. The van der Waals surface area contributed by atoms with Gasteiger partial charge >= 0.3 is 0 Å². The van der Waals surface area contributed by atoms with E-state index in [0.717, 1.165) is 11.4 Å². The summed E-state index contributed by atoms with van der Waals surface area (Å²) in [6, 6.07) is 18.9. The number of hydrogen-bond donors (Lipinski definition) is 4. The van der Waals surface area contributed by atoms with Crippen LogP contribution in [0.4, 0.5) is 11.4 Å². The van der Waals surface area contributed by atoms with E-state index in [2.05, 4.69) is 21.7 Å². The summed E-state index contributed by atoms with van der Waals surface area (Å²) >= 11 is 0. The first kappa shape index (κ1) is 17.0. The highest BCUT2D eigenvalue weighted by Gasteiger charge is 1.89. The van der Waals surface area contributed by atoms with Gasteiger partial charge in [0.2, 0.25) is 11.8 Å². The molecule has 0 aliphatic carbocycles. The van der Waals surface area contributed by atoms with Crippen molar-refractivity contribution < 1.29 is 9.59 Å². The smallest absolute Gasteiger partial charge is 0.235 e. The van der Waals surface area contributed by atoms with Crippen molar-refractivity contribution in [3.8, 4) is 0 Å². The van der Waals surface area contributed by atoms with Crippen LogP contribution in [0, 0.1) is 0 Å². The van der Waals surface area contributed by atoms with Gasteiger partial charge in [0.25, 0.3) is 0 Å². The zero-order chi connectivity index (χ0) is 16.2. The third-order valence-corrected chi connectivity index (χ3v) is 2.31. The van der Waals surface area contributed by atoms with Crippen LogP contribution >= 0.6 is 0 Å². The Labute approximate surface area is 129 Å². The van der Waals surface area contributed by atoms with Crippen molar-refractivity contribution in [1.82, 2.24) is 10.9 Å². The highest BCUT2D eigenvalue weighted by atomic mass is 16.2. The lowest BCUT2D eigenvalue weighted by atomic mass is 10.3. The zero-order valence-electron chi connectivity index (χ0n) is 12.6. The Kier molecular flexibility index (Phi) is 7.60.